The van der Waals surface area contributed by atoms with E-state index in [-0.39, 0.29) is 4.90 Å². The second-order valence-corrected chi connectivity index (χ2v) is 7.47. The van der Waals surface area contributed by atoms with Gasteiger partial charge in [-0.2, -0.15) is 0 Å². The Balaban J connectivity index is 1.55. The van der Waals surface area contributed by atoms with Crippen LogP contribution in [0, 0.1) is 0 Å². The first-order valence-electron chi connectivity index (χ1n) is 6.77. The topological polar surface area (TPSA) is 74.8 Å². The average Bonchev–Trinajstić information content (AvgIpc) is 2.95. The van der Waals surface area contributed by atoms with Gasteiger partial charge in [-0.25, -0.2) is 18.1 Å². The lowest BCUT2D eigenvalue weighted by Crippen LogP contribution is -2.25. The van der Waals surface area contributed by atoms with E-state index in [9.17, 15) is 8.42 Å². The molecule has 0 atom stereocenters. The van der Waals surface area contributed by atoms with E-state index in [1.54, 1.807) is 30.3 Å². The molecule has 7 heteroatoms. The fourth-order valence-corrected chi connectivity index (χ4v) is 3.93. The summed E-state index contributed by atoms with van der Waals surface area (Å²) < 4.78 is 26.7. The van der Waals surface area contributed by atoms with Gasteiger partial charge in [0, 0.05) is 12.3 Å². The van der Waals surface area contributed by atoms with Gasteiger partial charge in [-0.3, -0.25) is 0 Å². The second kappa shape index (κ2) is 6.51. The van der Waals surface area contributed by atoms with Gasteiger partial charge in [-0.05, 0) is 24.3 Å². The number of rotatable bonds is 6. The van der Waals surface area contributed by atoms with Gasteiger partial charge in [0.2, 0.25) is 10.0 Å². The zero-order valence-electron chi connectivity index (χ0n) is 11.7. The quantitative estimate of drug-likeness (QED) is 0.537. The van der Waals surface area contributed by atoms with Gasteiger partial charge in [0.05, 0.1) is 15.9 Å². The first-order valence-corrected chi connectivity index (χ1v) is 9.24. The van der Waals surface area contributed by atoms with Gasteiger partial charge in [-0.15, -0.1) is 0 Å². The van der Waals surface area contributed by atoms with Crippen LogP contribution < -0.4 is 4.72 Å². The van der Waals surface area contributed by atoms with Crippen molar-refractivity contribution in [3.63, 3.8) is 0 Å². The number of aromatic nitrogens is 2. The fourth-order valence-electron chi connectivity index (χ4n) is 2.00. The Morgan fingerprint density at radius 2 is 1.77 bits per heavy atom. The number of nitrogens with zero attached hydrogens (tertiary/aromatic N) is 1. The number of benzene rings is 2. The Kier molecular flexibility index (Phi) is 4.47. The Labute approximate surface area is 133 Å². The van der Waals surface area contributed by atoms with Crippen molar-refractivity contribution in [1.82, 2.24) is 14.7 Å². The number of H-pyrrole nitrogens is 1. The molecule has 5 nitrogen and oxygen atoms in total. The Hall–Kier alpha value is -1.83. The molecule has 0 saturated heterocycles. The van der Waals surface area contributed by atoms with Crippen molar-refractivity contribution in [1.29, 1.82) is 0 Å². The van der Waals surface area contributed by atoms with E-state index in [0.29, 0.717) is 12.3 Å². The molecule has 2 aromatic carbocycles. The highest BCUT2D eigenvalue weighted by atomic mass is 32.2. The van der Waals surface area contributed by atoms with E-state index in [1.807, 2.05) is 24.3 Å². The molecule has 0 amide bonds. The predicted octanol–water partition coefficient (Wildman–Crippen LogP) is 2.63. The number of hydrogen-bond donors (Lipinski definition) is 2. The Morgan fingerprint density at radius 1 is 1.05 bits per heavy atom. The summed E-state index contributed by atoms with van der Waals surface area (Å²) in [6, 6.07) is 16.1. The summed E-state index contributed by atoms with van der Waals surface area (Å²) in [5.41, 5.74) is 1.89. The molecule has 3 rings (SSSR count). The lowest BCUT2D eigenvalue weighted by molar-refractivity contribution is 0.584. The highest BCUT2D eigenvalue weighted by Crippen LogP contribution is 2.18. The number of fused-ring (bicyclic) bond motifs is 1. The van der Waals surface area contributed by atoms with Crippen LogP contribution in [0.1, 0.15) is 0 Å². The van der Waals surface area contributed by atoms with Gasteiger partial charge < -0.3 is 4.98 Å². The number of hydrogen-bond acceptors (Lipinski definition) is 4. The number of para-hydroxylation sites is 2. The molecule has 1 aromatic heterocycles. The van der Waals surface area contributed by atoms with Gasteiger partial charge in [0.25, 0.3) is 0 Å². The van der Waals surface area contributed by atoms with Crippen LogP contribution in [0.25, 0.3) is 11.0 Å². The van der Waals surface area contributed by atoms with Crippen LogP contribution in [0.3, 0.4) is 0 Å². The predicted molar refractivity (Wildman–Crippen MR) is 88.4 cm³/mol. The van der Waals surface area contributed by atoms with Crippen molar-refractivity contribution in [2.24, 2.45) is 0 Å². The van der Waals surface area contributed by atoms with Crippen molar-refractivity contribution in [2.75, 3.05) is 12.3 Å². The van der Waals surface area contributed by atoms with Crippen molar-refractivity contribution < 1.29 is 8.42 Å². The normalized spacial score (nSPS) is 11.8. The number of thioether (sulfide) groups is 1. The van der Waals surface area contributed by atoms with E-state index < -0.39 is 10.0 Å². The summed E-state index contributed by atoms with van der Waals surface area (Å²) >= 11 is 1.49. The monoisotopic (exact) mass is 333 g/mol. The highest BCUT2D eigenvalue weighted by Gasteiger charge is 2.12. The average molecular weight is 333 g/mol. The van der Waals surface area contributed by atoms with Gasteiger partial charge >= 0.3 is 0 Å². The molecule has 0 saturated carbocycles. The summed E-state index contributed by atoms with van der Waals surface area (Å²) in [6.45, 7) is 0.346. The molecule has 0 spiro atoms. The van der Waals surface area contributed by atoms with E-state index in [0.717, 1.165) is 16.2 Å². The summed E-state index contributed by atoms with van der Waals surface area (Å²) in [7, 11) is -3.43. The lowest BCUT2D eigenvalue weighted by atomic mass is 10.3. The summed E-state index contributed by atoms with van der Waals surface area (Å²) in [6.07, 6.45) is 0. The van der Waals surface area contributed by atoms with Gasteiger partial charge in [0.15, 0.2) is 5.16 Å². The maximum Gasteiger partial charge on any atom is 0.240 e. The van der Waals surface area contributed by atoms with Gasteiger partial charge in [-0.1, -0.05) is 42.1 Å². The highest BCUT2D eigenvalue weighted by molar-refractivity contribution is 7.99. The second-order valence-electron chi connectivity index (χ2n) is 4.62. The third-order valence-electron chi connectivity index (χ3n) is 3.05. The largest absolute Gasteiger partial charge is 0.333 e. The summed E-state index contributed by atoms with van der Waals surface area (Å²) in [5, 5.41) is 0.792. The van der Waals surface area contributed by atoms with Crippen LogP contribution in [-0.2, 0) is 10.0 Å². The van der Waals surface area contributed by atoms with Crippen molar-refractivity contribution in [3.05, 3.63) is 54.6 Å². The zero-order chi connectivity index (χ0) is 15.4. The van der Waals surface area contributed by atoms with Crippen LogP contribution in [0.2, 0.25) is 0 Å². The molecule has 3 aromatic rings. The number of sulfonamides is 1. The molecule has 0 aliphatic rings. The summed E-state index contributed by atoms with van der Waals surface area (Å²) in [5.74, 6) is 0.603. The zero-order valence-corrected chi connectivity index (χ0v) is 13.3. The third kappa shape index (κ3) is 3.49. The standard InChI is InChI=1S/C15H15N3O2S2/c19-22(20,12-6-2-1-3-7-12)16-10-11-21-15-17-13-8-4-5-9-14(13)18-15/h1-9,16H,10-11H2,(H,17,18). The third-order valence-corrected chi connectivity index (χ3v) is 5.41. The van der Waals surface area contributed by atoms with Crippen LogP contribution >= 0.6 is 11.8 Å². The summed E-state index contributed by atoms with van der Waals surface area (Å²) in [4.78, 5) is 7.92. The van der Waals surface area contributed by atoms with E-state index >= 15 is 0 Å². The molecule has 0 aliphatic carbocycles. The molecule has 114 valence electrons. The molecule has 0 bridgehead atoms. The minimum atomic E-state index is -3.43. The van der Waals surface area contributed by atoms with E-state index in [1.165, 1.54) is 11.8 Å². The molecule has 0 unspecified atom stereocenters. The van der Waals surface area contributed by atoms with Crippen LogP contribution in [0.15, 0.2) is 64.6 Å². The number of imidazole rings is 1. The van der Waals surface area contributed by atoms with Crippen molar-refractivity contribution in [2.45, 2.75) is 10.1 Å². The molecular weight excluding hydrogens is 318 g/mol. The smallest absolute Gasteiger partial charge is 0.240 e. The SMILES string of the molecule is O=S(=O)(NCCSc1nc2ccccc2[nH]1)c1ccccc1. The molecular formula is C15H15N3O2S2. The van der Waals surface area contributed by atoms with Gasteiger partial charge in [0.1, 0.15) is 0 Å². The first-order chi connectivity index (χ1) is 10.6. The van der Waals surface area contributed by atoms with Crippen LogP contribution in [0.4, 0.5) is 0 Å². The lowest BCUT2D eigenvalue weighted by Gasteiger charge is -2.05. The minimum absolute atomic E-state index is 0.281. The van der Waals surface area contributed by atoms with Crippen LogP contribution in [0.5, 0.6) is 0 Å². The van der Waals surface area contributed by atoms with Crippen molar-refractivity contribution >= 4 is 32.8 Å². The van der Waals surface area contributed by atoms with Crippen LogP contribution in [-0.4, -0.2) is 30.7 Å². The minimum Gasteiger partial charge on any atom is -0.333 e. The van der Waals surface area contributed by atoms with E-state index in [4.69, 9.17) is 0 Å². The molecule has 1 heterocycles. The molecule has 22 heavy (non-hydrogen) atoms. The molecule has 0 aliphatic heterocycles. The number of aromatic amines is 1. The van der Waals surface area contributed by atoms with E-state index in [2.05, 4.69) is 14.7 Å². The molecule has 0 radical (unpaired) electrons. The fraction of sp³-hybridized carbons (Fsp3) is 0.133. The maximum atomic E-state index is 12.0. The number of nitrogens with one attached hydrogen (secondary N) is 2. The Morgan fingerprint density at radius 3 is 2.55 bits per heavy atom. The first kappa shape index (κ1) is 15.1. The maximum absolute atomic E-state index is 12.0. The molecule has 2 N–H and O–H groups in total. The van der Waals surface area contributed by atoms with Crippen molar-refractivity contribution in [3.8, 4) is 0 Å². The molecule has 0 fully saturated rings. The Bertz CT molecular complexity index is 828.